The molecular formula is C19H24N8O. The molecule has 28 heavy (non-hydrogen) atoms. The van der Waals surface area contributed by atoms with Crippen molar-refractivity contribution in [2.75, 3.05) is 25.0 Å². The van der Waals surface area contributed by atoms with Crippen LogP contribution in [0.3, 0.4) is 0 Å². The molecular weight excluding hydrogens is 356 g/mol. The molecule has 1 saturated heterocycles. The Morgan fingerprint density at radius 1 is 1.21 bits per heavy atom. The SMILES string of the molecule is CN(Cc1cnn(C)c(=O)c1)C1CN(c2ccc3nnc(C4CCC4)n3n2)C1. The third kappa shape index (κ3) is 2.95. The van der Waals surface area contributed by atoms with Crippen molar-refractivity contribution in [2.45, 2.75) is 37.8 Å². The van der Waals surface area contributed by atoms with E-state index in [-0.39, 0.29) is 5.56 Å². The van der Waals surface area contributed by atoms with Crippen molar-refractivity contribution in [1.82, 2.24) is 34.5 Å². The summed E-state index contributed by atoms with van der Waals surface area (Å²) in [5.74, 6) is 2.46. The van der Waals surface area contributed by atoms with Crippen LogP contribution in [0.1, 0.15) is 36.6 Å². The Labute approximate surface area is 162 Å². The average molecular weight is 380 g/mol. The maximum atomic E-state index is 11.8. The van der Waals surface area contributed by atoms with Gasteiger partial charge in [0.15, 0.2) is 11.5 Å². The molecule has 1 aliphatic heterocycles. The lowest BCUT2D eigenvalue weighted by Gasteiger charge is -2.44. The highest BCUT2D eigenvalue weighted by molar-refractivity contribution is 5.48. The second-order valence-corrected chi connectivity index (χ2v) is 7.95. The van der Waals surface area contributed by atoms with Crippen LogP contribution in [0.2, 0.25) is 0 Å². The minimum Gasteiger partial charge on any atom is -0.352 e. The molecule has 2 fully saturated rings. The van der Waals surface area contributed by atoms with E-state index in [0.29, 0.717) is 18.5 Å². The van der Waals surface area contributed by atoms with E-state index < -0.39 is 0 Å². The number of hydrogen-bond donors (Lipinski definition) is 0. The molecule has 3 aromatic heterocycles. The lowest BCUT2D eigenvalue weighted by molar-refractivity contribution is 0.196. The van der Waals surface area contributed by atoms with Crippen molar-refractivity contribution in [1.29, 1.82) is 0 Å². The Morgan fingerprint density at radius 3 is 2.75 bits per heavy atom. The lowest BCUT2D eigenvalue weighted by Crippen LogP contribution is -2.58. The zero-order valence-corrected chi connectivity index (χ0v) is 16.2. The van der Waals surface area contributed by atoms with Crippen LogP contribution < -0.4 is 10.5 Å². The highest BCUT2D eigenvalue weighted by Crippen LogP contribution is 2.35. The van der Waals surface area contributed by atoms with Crippen molar-refractivity contribution in [2.24, 2.45) is 7.05 Å². The first-order valence-electron chi connectivity index (χ1n) is 9.78. The van der Waals surface area contributed by atoms with Crippen molar-refractivity contribution in [3.8, 4) is 0 Å². The lowest BCUT2D eigenvalue weighted by atomic mass is 9.85. The van der Waals surface area contributed by atoms with Gasteiger partial charge >= 0.3 is 0 Å². The fourth-order valence-corrected chi connectivity index (χ4v) is 3.82. The molecule has 146 valence electrons. The summed E-state index contributed by atoms with van der Waals surface area (Å²) in [6.45, 7) is 2.54. The average Bonchev–Trinajstić information content (AvgIpc) is 2.99. The van der Waals surface area contributed by atoms with Crippen LogP contribution in [0, 0.1) is 0 Å². The van der Waals surface area contributed by atoms with Gasteiger partial charge in [0.05, 0.1) is 6.20 Å². The van der Waals surface area contributed by atoms with Gasteiger partial charge in [-0.2, -0.15) is 9.61 Å². The maximum absolute atomic E-state index is 11.8. The molecule has 9 heteroatoms. The van der Waals surface area contributed by atoms with Crippen LogP contribution in [0.15, 0.2) is 29.2 Å². The van der Waals surface area contributed by atoms with Crippen LogP contribution in [0.5, 0.6) is 0 Å². The molecule has 2 aliphatic rings. The molecule has 1 aliphatic carbocycles. The molecule has 5 rings (SSSR count). The van der Waals surface area contributed by atoms with Crippen molar-refractivity contribution < 1.29 is 0 Å². The van der Waals surface area contributed by atoms with E-state index in [1.54, 1.807) is 19.3 Å². The summed E-state index contributed by atoms with van der Waals surface area (Å²) in [4.78, 5) is 16.3. The van der Waals surface area contributed by atoms with Gasteiger partial charge in [-0.25, -0.2) is 4.68 Å². The van der Waals surface area contributed by atoms with Gasteiger partial charge < -0.3 is 4.90 Å². The largest absolute Gasteiger partial charge is 0.352 e. The van der Waals surface area contributed by atoms with Crippen LogP contribution >= 0.6 is 0 Å². The fourth-order valence-electron chi connectivity index (χ4n) is 3.82. The van der Waals surface area contributed by atoms with E-state index >= 15 is 0 Å². The Hall–Kier alpha value is -2.81. The number of rotatable bonds is 5. The van der Waals surface area contributed by atoms with Gasteiger partial charge in [0.1, 0.15) is 5.82 Å². The van der Waals surface area contributed by atoms with Crippen molar-refractivity contribution >= 4 is 11.5 Å². The molecule has 1 saturated carbocycles. The summed E-state index contributed by atoms with van der Waals surface area (Å²) < 4.78 is 3.26. The summed E-state index contributed by atoms with van der Waals surface area (Å²) >= 11 is 0. The molecule has 0 amide bonds. The Bertz CT molecular complexity index is 1060. The predicted octanol–water partition coefficient (Wildman–Crippen LogP) is 0.806. The van der Waals surface area contributed by atoms with Gasteiger partial charge in [-0.3, -0.25) is 9.69 Å². The minimum absolute atomic E-state index is 0.0742. The van der Waals surface area contributed by atoms with E-state index in [4.69, 9.17) is 5.10 Å². The van der Waals surface area contributed by atoms with Crippen molar-refractivity contribution in [3.05, 3.63) is 46.1 Å². The van der Waals surface area contributed by atoms with Gasteiger partial charge in [-0.15, -0.1) is 15.3 Å². The highest BCUT2D eigenvalue weighted by Gasteiger charge is 2.32. The second kappa shape index (κ2) is 6.66. The van der Waals surface area contributed by atoms with Crippen LogP contribution in [-0.4, -0.2) is 60.7 Å². The zero-order chi connectivity index (χ0) is 19.3. The Balaban J connectivity index is 1.26. The molecule has 4 heterocycles. The molecule has 0 bridgehead atoms. The second-order valence-electron chi connectivity index (χ2n) is 7.95. The maximum Gasteiger partial charge on any atom is 0.266 e. The number of anilines is 1. The first kappa shape index (κ1) is 17.3. The molecule has 0 atom stereocenters. The molecule has 9 nitrogen and oxygen atoms in total. The van der Waals surface area contributed by atoms with Gasteiger partial charge in [-0.1, -0.05) is 6.42 Å². The summed E-state index contributed by atoms with van der Waals surface area (Å²) in [5, 5.41) is 17.5. The summed E-state index contributed by atoms with van der Waals surface area (Å²) in [7, 11) is 3.75. The number of likely N-dealkylation sites (N-methyl/N-ethyl adjacent to an activating group) is 1. The number of fused-ring (bicyclic) bond motifs is 1. The summed E-state index contributed by atoms with van der Waals surface area (Å²) in [5.41, 5.74) is 1.69. The highest BCUT2D eigenvalue weighted by atomic mass is 16.1. The summed E-state index contributed by atoms with van der Waals surface area (Å²) in [6, 6.07) is 6.10. The number of aromatic nitrogens is 6. The standard InChI is InChI=1S/C19H24N8O/c1-24(10-13-8-18(28)25(2)20-9-13)15-11-26(12-15)17-7-6-16-21-22-19(27(16)23-17)14-4-3-5-14/h6-9,14-15H,3-5,10-12H2,1-2H3. The first-order valence-corrected chi connectivity index (χ1v) is 9.78. The van der Waals surface area contributed by atoms with Gasteiger partial charge in [0.2, 0.25) is 0 Å². The van der Waals surface area contributed by atoms with E-state index in [1.165, 1.54) is 23.9 Å². The molecule has 3 aromatic rings. The number of hydrogen-bond acceptors (Lipinski definition) is 7. The van der Waals surface area contributed by atoms with Gasteiger partial charge in [-0.05, 0) is 37.6 Å². The van der Waals surface area contributed by atoms with E-state index in [0.717, 1.165) is 35.9 Å². The number of aryl methyl sites for hydroxylation is 1. The first-order chi connectivity index (χ1) is 13.6. The Kier molecular flexibility index (Phi) is 4.12. The zero-order valence-electron chi connectivity index (χ0n) is 16.2. The van der Waals surface area contributed by atoms with E-state index in [2.05, 4.69) is 32.1 Å². The molecule has 0 aromatic carbocycles. The predicted molar refractivity (Wildman–Crippen MR) is 104 cm³/mol. The van der Waals surface area contributed by atoms with Gasteiger partial charge in [0, 0.05) is 44.7 Å². The van der Waals surface area contributed by atoms with Crippen molar-refractivity contribution in [3.63, 3.8) is 0 Å². The van der Waals surface area contributed by atoms with Crippen LogP contribution in [0.25, 0.3) is 5.65 Å². The molecule has 0 unspecified atom stereocenters. The smallest absolute Gasteiger partial charge is 0.266 e. The van der Waals surface area contributed by atoms with E-state index in [9.17, 15) is 4.79 Å². The topological polar surface area (TPSA) is 84.5 Å². The third-order valence-electron chi connectivity index (χ3n) is 6.01. The quantitative estimate of drug-likeness (QED) is 0.647. The summed E-state index contributed by atoms with van der Waals surface area (Å²) in [6.07, 6.45) is 5.39. The minimum atomic E-state index is -0.0742. The third-order valence-corrected chi connectivity index (χ3v) is 6.01. The monoisotopic (exact) mass is 380 g/mol. The van der Waals surface area contributed by atoms with Crippen LogP contribution in [-0.2, 0) is 13.6 Å². The molecule has 0 radical (unpaired) electrons. The number of nitrogens with zero attached hydrogens (tertiary/aromatic N) is 8. The molecule has 0 spiro atoms. The normalized spacial score (nSPS) is 17.9. The Morgan fingerprint density at radius 2 is 2.04 bits per heavy atom. The van der Waals surface area contributed by atoms with Gasteiger partial charge in [0.25, 0.3) is 5.56 Å². The van der Waals surface area contributed by atoms with Crippen LogP contribution in [0.4, 0.5) is 5.82 Å². The fraction of sp³-hybridized carbons (Fsp3) is 0.526. The van der Waals surface area contributed by atoms with E-state index in [1.807, 2.05) is 16.6 Å². The molecule has 0 N–H and O–H groups in total.